The predicted molar refractivity (Wildman–Crippen MR) is 60.0 cm³/mol. The lowest BCUT2D eigenvalue weighted by Crippen LogP contribution is -2.07. The summed E-state index contributed by atoms with van der Waals surface area (Å²) in [5, 5.41) is 0. The van der Waals surface area contributed by atoms with Crippen molar-refractivity contribution in [2.75, 3.05) is 13.7 Å². The molecule has 0 radical (unpaired) electrons. The fourth-order valence-corrected chi connectivity index (χ4v) is 1.84. The number of hydrogen-bond acceptors (Lipinski definition) is 2. The van der Waals surface area contributed by atoms with Crippen molar-refractivity contribution in [3.63, 3.8) is 0 Å². The van der Waals surface area contributed by atoms with Gasteiger partial charge in [0.25, 0.3) is 0 Å². The highest BCUT2D eigenvalue weighted by Gasteiger charge is 2.10. The van der Waals surface area contributed by atoms with Crippen LogP contribution in [0.25, 0.3) is 0 Å². The third-order valence-electron chi connectivity index (χ3n) is 2.71. The molecule has 78 valence electrons. The van der Waals surface area contributed by atoms with Crippen molar-refractivity contribution >= 4 is 0 Å². The minimum atomic E-state index is 0.666. The van der Waals surface area contributed by atoms with Crippen LogP contribution < -0.4 is 10.5 Å². The maximum absolute atomic E-state index is 5.59. The standard InChI is InChI=1S/C12H19NO/c1-8-7-9(2)11(5-6-13)12(14-4)10(8)3/h7H,5-6,13H2,1-4H3. The quantitative estimate of drug-likeness (QED) is 0.798. The van der Waals surface area contributed by atoms with E-state index in [9.17, 15) is 0 Å². The first-order chi connectivity index (χ1) is 6.61. The SMILES string of the molecule is COc1c(C)c(C)cc(C)c1CCN. The van der Waals surface area contributed by atoms with E-state index in [2.05, 4.69) is 26.8 Å². The molecule has 0 spiro atoms. The normalized spacial score (nSPS) is 10.4. The molecule has 14 heavy (non-hydrogen) atoms. The van der Waals surface area contributed by atoms with Crippen LogP contribution in [0.3, 0.4) is 0 Å². The average molecular weight is 193 g/mol. The van der Waals surface area contributed by atoms with Crippen LogP contribution in [-0.2, 0) is 6.42 Å². The highest BCUT2D eigenvalue weighted by Crippen LogP contribution is 2.29. The van der Waals surface area contributed by atoms with Gasteiger partial charge in [-0.1, -0.05) is 6.07 Å². The molecule has 0 heterocycles. The van der Waals surface area contributed by atoms with Crippen LogP contribution >= 0.6 is 0 Å². The fraction of sp³-hybridized carbons (Fsp3) is 0.500. The van der Waals surface area contributed by atoms with Gasteiger partial charge in [-0.3, -0.25) is 0 Å². The van der Waals surface area contributed by atoms with E-state index in [1.165, 1.54) is 22.3 Å². The van der Waals surface area contributed by atoms with Crippen LogP contribution in [0.2, 0.25) is 0 Å². The molecule has 0 aromatic heterocycles. The summed E-state index contributed by atoms with van der Waals surface area (Å²) in [5.41, 5.74) is 10.6. The van der Waals surface area contributed by atoms with Crippen molar-refractivity contribution in [3.8, 4) is 5.75 Å². The summed E-state index contributed by atoms with van der Waals surface area (Å²) in [6.07, 6.45) is 0.885. The van der Waals surface area contributed by atoms with Crippen LogP contribution in [0.15, 0.2) is 6.07 Å². The molecule has 0 aliphatic rings. The Morgan fingerprint density at radius 1 is 1.21 bits per heavy atom. The highest BCUT2D eigenvalue weighted by molar-refractivity contribution is 5.49. The van der Waals surface area contributed by atoms with Gasteiger partial charge in [0.1, 0.15) is 5.75 Å². The maximum atomic E-state index is 5.59. The van der Waals surface area contributed by atoms with E-state index in [4.69, 9.17) is 10.5 Å². The van der Waals surface area contributed by atoms with Crippen LogP contribution in [0.4, 0.5) is 0 Å². The van der Waals surface area contributed by atoms with E-state index in [1.54, 1.807) is 7.11 Å². The minimum Gasteiger partial charge on any atom is -0.496 e. The summed E-state index contributed by atoms with van der Waals surface area (Å²) in [6.45, 7) is 6.98. The molecule has 0 saturated carbocycles. The van der Waals surface area contributed by atoms with Gasteiger partial charge in [-0.15, -0.1) is 0 Å². The van der Waals surface area contributed by atoms with Gasteiger partial charge >= 0.3 is 0 Å². The van der Waals surface area contributed by atoms with Crippen molar-refractivity contribution in [1.29, 1.82) is 0 Å². The largest absolute Gasteiger partial charge is 0.496 e. The number of benzene rings is 1. The van der Waals surface area contributed by atoms with Crippen molar-refractivity contribution in [1.82, 2.24) is 0 Å². The van der Waals surface area contributed by atoms with Gasteiger partial charge in [0, 0.05) is 0 Å². The fourth-order valence-electron chi connectivity index (χ4n) is 1.84. The first-order valence-electron chi connectivity index (χ1n) is 4.95. The number of ether oxygens (including phenoxy) is 1. The molecular formula is C12H19NO. The van der Waals surface area contributed by atoms with Gasteiger partial charge in [-0.2, -0.15) is 0 Å². The zero-order valence-electron chi connectivity index (χ0n) is 9.48. The predicted octanol–water partition coefficient (Wildman–Crippen LogP) is 2.12. The molecule has 0 amide bonds. The zero-order chi connectivity index (χ0) is 10.7. The Balaban J connectivity index is 3.31. The second kappa shape index (κ2) is 4.47. The molecule has 0 atom stereocenters. The van der Waals surface area contributed by atoms with E-state index in [-0.39, 0.29) is 0 Å². The van der Waals surface area contributed by atoms with Crippen molar-refractivity contribution in [2.24, 2.45) is 5.73 Å². The van der Waals surface area contributed by atoms with E-state index in [0.717, 1.165) is 12.2 Å². The van der Waals surface area contributed by atoms with Gasteiger partial charge < -0.3 is 10.5 Å². The van der Waals surface area contributed by atoms with Gasteiger partial charge in [0.2, 0.25) is 0 Å². The van der Waals surface area contributed by atoms with Crippen LogP contribution in [-0.4, -0.2) is 13.7 Å². The first-order valence-corrected chi connectivity index (χ1v) is 4.95. The highest BCUT2D eigenvalue weighted by atomic mass is 16.5. The molecule has 0 aliphatic heterocycles. The first kappa shape index (κ1) is 11.1. The molecule has 0 aliphatic carbocycles. The lowest BCUT2D eigenvalue weighted by molar-refractivity contribution is 0.405. The Bertz CT molecular complexity index is 332. The molecule has 2 nitrogen and oxygen atoms in total. The smallest absolute Gasteiger partial charge is 0.125 e. The third-order valence-corrected chi connectivity index (χ3v) is 2.71. The second-order valence-electron chi connectivity index (χ2n) is 3.69. The Labute approximate surface area is 86.1 Å². The summed E-state index contributed by atoms with van der Waals surface area (Å²) in [7, 11) is 1.72. The number of methoxy groups -OCH3 is 1. The summed E-state index contributed by atoms with van der Waals surface area (Å²) in [6, 6.07) is 2.20. The van der Waals surface area contributed by atoms with E-state index < -0.39 is 0 Å². The molecule has 1 aromatic carbocycles. The van der Waals surface area contributed by atoms with Crippen LogP contribution in [0.1, 0.15) is 22.3 Å². The number of hydrogen-bond donors (Lipinski definition) is 1. The second-order valence-corrected chi connectivity index (χ2v) is 3.69. The molecule has 1 rings (SSSR count). The molecule has 0 unspecified atom stereocenters. The molecule has 0 saturated heterocycles. The Morgan fingerprint density at radius 3 is 2.36 bits per heavy atom. The Kier molecular flexibility index (Phi) is 3.53. The molecule has 2 N–H and O–H groups in total. The van der Waals surface area contributed by atoms with Gasteiger partial charge in [0.15, 0.2) is 0 Å². The minimum absolute atomic E-state index is 0.666. The molecule has 1 aromatic rings. The third kappa shape index (κ3) is 1.90. The van der Waals surface area contributed by atoms with E-state index in [1.807, 2.05) is 0 Å². The van der Waals surface area contributed by atoms with Gasteiger partial charge in [0.05, 0.1) is 7.11 Å². The summed E-state index contributed by atoms with van der Waals surface area (Å²) >= 11 is 0. The molecule has 0 bridgehead atoms. The summed E-state index contributed by atoms with van der Waals surface area (Å²) in [5.74, 6) is 1.01. The summed E-state index contributed by atoms with van der Waals surface area (Å²) < 4.78 is 5.43. The van der Waals surface area contributed by atoms with Crippen molar-refractivity contribution in [3.05, 3.63) is 28.3 Å². The number of aryl methyl sites for hydroxylation is 2. The monoisotopic (exact) mass is 193 g/mol. The zero-order valence-corrected chi connectivity index (χ0v) is 9.48. The lowest BCUT2D eigenvalue weighted by atomic mass is 9.97. The van der Waals surface area contributed by atoms with Crippen LogP contribution in [0.5, 0.6) is 5.75 Å². The van der Waals surface area contributed by atoms with E-state index in [0.29, 0.717) is 6.54 Å². The summed E-state index contributed by atoms with van der Waals surface area (Å²) in [4.78, 5) is 0. The number of nitrogens with two attached hydrogens (primary N) is 1. The number of rotatable bonds is 3. The lowest BCUT2D eigenvalue weighted by Gasteiger charge is -2.15. The topological polar surface area (TPSA) is 35.2 Å². The molecule has 0 fully saturated rings. The Morgan fingerprint density at radius 2 is 1.86 bits per heavy atom. The molecule has 2 heteroatoms. The van der Waals surface area contributed by atoms with Gasteiger partial charge in [-0.25, -0.2) is 0 Å². The molecular weight excluding hydrogens is 174 g/mol. The average Bonchev–Trinajstić information content (AvgIpc) is 2.15. The van der Waals surface area contributed by atoms with Gasteiger partial charge in [-0.05, 0) is 56.0 Å². The van der Waals surface area contributed by atoms with Crippen molar-refractivity contribution in [2.45, 2.75) is 27.2 Å². The Hall–Kier alpha value is -1.02. The van der Waals surface area contributed by atoms with E-state index >= 15 is 0 Å². The maximum Gasteiger partial charge on any atom is 0.125 e. The van der Waals surface area contributed by atoms with Crippen LogP contribution in [0, 0.1) is 20.8 Å². The van der Waals surface area contributed by atoms with Crippen molar-refractivity contribution < 1.29 is 4.74 Å².